The lowest BCUT2D eigenvalue weighted by atomic mass is 9.98. The van der Waals surface area contributed by atoms with Crippen LogP contribution in [-0.2, 0) is 9.59 Å². The lowest BCUT2D eigenvalue weighted by Gasteiger charge is -2.30. The van der Waals surface area contributed by atoms with Crippen molar-refractivity contribution in [2.75, 3.05) is 13.1 Å². The summed E-state index contributed by atoms with van der Waals surface area (Å²) in [5.74, 6) is -1.44. The number of halogens is 1. The Morgan fingerprint density at radius 2 is 1.88 bits per heavy atom. The van der Waals surface area contributed by atoms with Crippen LogP contribution in [0.5, 0.6) is 0 Å². The largest absolute Gasteiger partial charge is 0.481 e. The number of nitrogens with zero attached hydrogens (tertiary/aromatic N) is 1. The van der Waals surface area contributed by atoms with E-state index in [1.54, 1.807) is 6.07 Å². The fourth-order valence-corrected chi connectivity index (χ4v) is 3.68. The third-order valence-corrected chi connectivity index (χ3v) is 5.07. The number of carboxylic acid groups (broad SMARTS) is 1. The number of hydrogen-bond donors (Lipinski definition) is 1. The number of hydrogen-bond acceptors (Lipinski definition) is 2. The molecule has 5 heteroatoms. The highest BCUT2D eigenvalue weighted by molar-refractivity contribution is 5.81. The summed E-state index contributed by atoms with van der Waals surface area (Å²) in [5, 5.41) is 9.06. The summed E-state index contributed by atoms with van der Waals surface area (Å²) < 4.78 is 13.2. The molecule has 0 bridgehead atoms. The number of amides is 1. The van der Waals surface area contributed by atoms with Crippen LogP contribution in [0.2, 0.25) is 0 Å². The van der Waals surface area contributed by atoms with Crippen molar-refractivity contribution in [1.29, 1.82) is 0 Å². The lowest BCUT2D eigenvalue weighted by Crippen LogP contribution is -2.39. The number of carbonyl (C=O) groups is 2. The highest BCUT2D eigenvalue weighted by Gasteiger charge is 2.36. The number of piperidine rings is 1. The summed E-state index contributed by atoms with van der Waals surface area (Å²) in [4.78, 5) is 25.4. The first kappa shape index (κ1) is 16.7. The van der Waals surface area contributed by atoms with E-state index in [9.17, 15) is 14.0 Å². The molecule has 2 aliphatic rings. The van der Waals surface area contributed by atoms with Crippen molar-refractivity contribution < 1.29 is 19.1 Å². The van der Waals surface area contributed by atoms with Crippen molar-refractivity contribution in [1.82, 2.24) is 4.90 Å². The number of rotatable bonds is 3. The van der Waals surface area contributed by atoms with E-state index < -0.39 is 5.97 Å². The zero-order chi connectivity index (χ0) is 17.1. The first-order valence-corrected chi connectivity index (χ1v) is 8.49. The minimum Gasteiger partial charge on any atom is -0.481 e. The predicted octanol–water partition coefficient (Wildman–Crippen LogP) is 3.33. The maximum Gasteiger partial charge on any atom is 0.306 e. The highest BCUT2D eigenvalue weighted by atomic mass is 19.1. The van der Waals surface area contributed by atoms with E-state index in [2.05, 4.69) is 0 Å². The molecule has 1 N–H and O–H groups in total. The van der Waals surface area contributed by atoms with E-state index in [0.717, 1.165) is 18.4 Å². The highest BCUT2D eigenvalue weighted by Crippen LogP contribution is 2.33. The van der Waals surface area contributed by atoms with Crippen LogP contribution >= 0.6 is 0 Å². The van der Waals surface area contributed by atoms with Gasteiger partial charge in [0.25, 0.3) is 0 Å². The van der Waals surface area contributed by atoms with Crippen LogP contribution < -0.4 is 0 Å². The van der Waals surface area contributed by atoms with E-state index in [1.165, 1.54) is 17.7 Å². The smallest absolute Gasteiger partial charge is 0.306 e. The third-order valence-electron chi connectivity index (χ3n) is 5.07. The fourth-order valence-electron chi connectivity index (χ4n) is 3.68. The van der Waals surface area contributed by atoms with Gasteiger partial charge in [-0.25, -0.2) is 4.39 Å². The average Bonchev–Trinajstić information content (AvgIpc) is 3.05. The molecule has 4 nitrogen and oxygen atoms in total. The topological polar surface area (TPSA) is 57.6 Å². The molecule has 1 aromatic carbocycles. The average molecular weight is 331 g/mol. The van der Waals surface area contributed by atoms with Gasteiger partial charge in [0.05, 0.1) is 5.92 Å². The molecule has 1 aliphatic carbocycles. The Kier molecular flexibility index (Phi) is 4.97. The monoisotopic (exact) mass is 331 g/mol. The normalized spacial score (nSPS) is 24.0. The number of likely N-dealkylation sites (tertiary alicyclic amines) is 1. The Labute approximate surface area is 141 Å². The van der Waals surface area contributed by atoms with E-state index in [1.807, 2.05) is 17.0 Å². The summed E-state index contributed by atoms with van der Waals surface area (Å²) in [6.07, 6.45) is 5.33. The van der Waals surface area contributed by atoms with Gasteiger partial charge in [-0.2, -0.15) is 0 Å². The fraction of sp³-hybridized carbons (Fsp3) is 0.474. The summed E-state index contributed by atoms with van der Waals surface area (Å²) in [6, 6.07) is 6.50. The quantitative estimate of drug-likeness (QED) is 0.924. The van der Waals surface area contributed by atoms with Crippen molar-refractivity contribution in [3.63, 3.8) is 0 Å². The summed E-state index contributed by atoms with van der Waals surface area (Å²) >= 11 is 0. The molecule has 128 valence electrons. The van der Waals surface area contributed by atoms with Gasteiger partial charge in [-0.15, -0.1) is 0 Å². The Balaban J connectivity index is 1.55. The summed E-state index contributed by atoms with van der Waals surface area (Å²) in [7, 11) is 0. The van der Waals surface area contributed by atoms with Gasteiger partial charge in [0, 0.05) is 19.0 Å². The molecule has 1 saturated carbocycles. The van der Waals surface area contributed by atoms with Crippen LogP contribution in [0.25, 0.3) is 6.08 Å². The van der Waals surface area contributed by atoms with Gasteiger partial charge in [0.1, 0.15) is 5.82 Å². The van der Waals surface area contributed by atoms with Crippen molar-refractivity contribution in [2.24, 2.45) is 11.8 Å². The number of carboxylic acids is 1. The van der Waals surface area contributed by atoms with Crippen LogP contribution in [-0.4, -0.2) is 35.0 Å². The number of aliphatic carboxylic acids is 1. The van der Waals surface area contributed by atoms with Crippen molar-refractivity contribution in [2.45, 2.75) is 32.1 Å². The van der Waals surface area contributed by atoms with Gasteiger partial charge in [-0.05, 0) is 49.8 Å². The molecular formula is C19H22FNO3. The first-order valence-electron chi connectivity index (χ1n) is 8.49. The first-order chi connectivity index (χ1) is 11.5. The van der Waals surface area contributed by atoms with E-state index in [0.29, 0.717) is 32.4 Å². The minimum absolute atomic E-state index is 0.101. The molecule has 0 spiro atoms. The van der Waals surface area contributed by atoms with Crippen molar-refractivity contribution >= 4 is 18.0 Å². The standard InChI is InChI=1S/C19H22FNO3/c20-17-3-1-2-14(11-17)10-13-6-8-21(9-7-13)18(22)15-4-5-16(12-15)19(23)24/h1-3,10-11,15-16H,4-9,12H2,(H,23,24)/t15-,16+/m0/s1. The zero-order valence-corrected chi connectivity index (χ0v) is 13.6. The zero-order valence-electron chi connectivity index (χ0n) is 13.6. The predicted molar refractivity (Wildman–Crippen MR) is 88.7 cm³/mol. The van der Waals surface area contributed by atoms with Gasteiger partial charge in [0.2, 0.25) is 5.91 Å². The van der Waals surface area contributed by atoms with E-state index in [-0.39, 0.29) is 23.6 Å². The molecule has 0 aromatic heterocycles. The summed E-state index contributed by atoms with van der Waals surface area (Å²) in [5.41, 5.74) is 2.07. The van der Waals surface area contributed by atoms with E-state index in [4.69, 9.17) is 5.11 Å². The Morgan fingerprint density at radius 1 is 1.17 bits per heavy atom. The molecule has 1 aromatic rings. The minimum atomic E-state index is -0.788. The second kappa shape index (κ2) is 7.16. The molecule has 24 heavy (non-hydrogen) atoms. The maximum atomic E-state index is 13.2. The van der Waals surface area contributed by atoms with Gasteiger partial charge >= 0.3 is 5.97 Å². The molecule has 2 atom stereocenters. The van der Waals surface area contributed by atoms with Crippen LogP contribution in [0.4, 0.5) is 4.39 Å². The maximum absolute atomic E-state index is 13.2. The van der Waals surface area contributed by atoms with Crippen LogP contribution in [0.15, 0.2) is 29.8 Å². The molecule has 1 aliphatic heterocycles. The molecule has 1 amide bonds. The van der Waals surface area contributed by atoms with Gasteiger partial charge < -0.3 is 10.0 Å². The van der Waals surface area contributed by atoms with Crippen LogP contribution in [0.3, 0.4) is 0 Å². The van der Waals surface area contributed by atoms with Crippen LogP contribution in [0, 0.1) is 17.7 Å². The Hall–Kier alpha value is -2.17. The molecule has 0 radical (unpaired) electrons. The molecule has 2 fully saturated rings. The second-order valence-corrected chi connectivity index (χ2v) is 6.73. The lowest BCUT2D eigenvalue weighted by molar-refractivity contribution is -0.141. The van der Waals surface area contributed by atoms with Crippen molar-refractivity contribution in [3.05, 3.63) is 41.2 Å². The van der Waals surface area contributed by atoms with Gasteiger partial charge in [-0.3, -0.25) is 9.59 Å². The van der Waals surface area contributed by atoms with Gasteiger partial charge in [0.15, 0.2) is 0 Å². The molecule has 3 rings (SSSR count). The Morgan fingerprint density at radius 3 is 2.50 bits per heavy atom. The van der Waals surface area contributed by atoms with Crippen molar-refractivity contribution in [3.8, 4) is 0 Å². The van der Waals surface area contributed by atoms with Crippen LogP contribution in [0.1, 0.15) is 37.7 Å². The number of benzene rings is 1. The van der Waals surface area contributed by atoms with Gasteiger partial charge in [-0.1, -0.05) is 23.8 Å². The molecule has 0 unspecified atom stereocenters. The number of carbonyl (C=O) groups excluding carboxylic acids is 1. The van der Waals surface area contributed by atoms with E-state index >= 15 is 0 Å². The molecule has 1 heterocycles. The third kappa shape index (κ3) is 3.83. The summed E-state index contributed by atoms with van der Waals surface area (Å²) in [6.45, 7) is 1.32. The Bertz CT molecular complexity index is 660. The molecular weight excluding hydrogens is 309 g/mol. The molecule has 1 saturated heterocycles. The SMILES string of the molecule is O=C(O)[C@@H]1CC[C@H](C(=O)N2CCC(=Cc3cccc(F)c3)CC2)C1. The second-order valence-electron chi connectivity index (χ2n) is 6.73.